The summed E-state index contributed by atoms with van der Waals surface area (Å²) in [5.41, 5.74) is 15.7. The highest BCUT2D eigenvalue weighted by Gasteiger charge is 2.30. The lowest BCUT2D eigenvalue weighted by Gasteiger charge is -2.28. The Kier molecular flexibility index (Phi) is 10.5. The van der Waals surface area contributed by atoms with Crippen molar-refractivity contribution in [3.63, 3.8) is 0 Å². The molecule has 0 spiro atoms. The molecule has 0 aliphatic rings. The fourth-order valence-corrected chi connectivity index (χ4v) is 8.01. The Morgan fingerprint density at radius 2 is 1.21 bits per heavy atom. The first kappa shape index (κ1) is 39.7. The van der Waals surface area contributed by atoms with E-state index in [-0.39, 0.29) is 28.4 Å². The molecule has 0 radical (unpaired) electrons. The quantitative estimate of drug-likeness (QED) is 0.168. The molecule has 5 aromatic carbocycles. The number of imidazole rings is 1. The predicted molar refractivity (Wildman–Crippen MR) is 242 cm³/mol. The number of benzene rings is 5. The van der Waals surface area contributed by atoms with Crippen LogP contribution in [0.4, 0.5) is 0 Å². The van der Waals surface area contributed by atoms with Crippen molar-refractivity contribution in [3.05, 3.63) is 143 Å². The largest absolute Gasteiger partial charge is 0.507 e. The number of hydrogen-bond donors (Lipinski definition) is 1. The van der Waals surface area contributed by atoms with Crippen LogP contribution in [0.15, 0.2) is 115 Å². The molecule has 0 amide bonds. The Bertz CT molecular complexity index is 2550. The van der Waals surface area contributed by atoms with Gasteiger partial charge in [-0.1, -0.05) is 156 Å². The highest BCUT2D eigenvalue weighted by atomic mass is 16.3. The molecule has 1 N–H and O–H groups in total. The van der Waals surface area contributed by atoms with Gasteiger partial charge in [0.25, 0.3) is 0 Å². The number of nitrogens with zero attached hydrogens (tertiary/aromatic N) is 3. The molecule has 0 atom stereocenters. The van der Waals surface area contributed by atoms with Crippen LogP contribution in [0.25, 0.3) is 61.6 Å². The summed E-state index contributed by atoms with van der Waals surface area (Å²) in [6.45, 7) is 26.8. The molecule has 4 heteroatoms. The number of phenols is 1. The van der Waals surface area contributed by atoms with Crippen LogP contribution in [0.1, 0.15) is 129 Å². The van der Waals surface area contributed by atoms with Crippen molar-refractivity contribution < 1.29 is 5.11 Å². The molecule has 57 heavy (non-hydrogen) atoms. The predicted octanol–water partition coefficient (Wildman–Crippen LogP) is 14.8. The monoisotopic (exact) mass is 753 g/mol. The van der Waals surface area contributed by atoms with Gasteiger partial charge in [-0.15, -0.1) is 0 Å². The van der Waals surface area contributed by atoms with Crippen molar-refractivity contribution in [3.8, 4) is 56.3 Å². The van der Waals surface area contributed by atoms with Crippen LogP contribution in [-0.2, 0) is 10.8 Å². The van der Waals surface area contributed by atoms with Crippen molar-refractivity contribution in [1.82, 2.24) is 14.5 Å². The molecule has 4 nitrogen and oxygen atoms in total. The van der Waals surface area contributed by atoms with Gasteiger partial charge in [0.15, 0.2) is 0 Å². The number of hydrogen-bond acceptors (Lipinski definition) is 3. The van der Waals surface area contributed by atoms with Crippen LogP contribution in [-0.4, -0.2) is 19.6 Å². The first-order valence-electron chi connectivity index (χ1n) is 20.6. The van der Waals surface area contributed by atoms with Crippen molar-refractivity contribution in [2.75, 3.05) is 0 Å². The second-order valence-electron chi connectivity index (χ2n) is 18.8. The average molecular weight is 754 g/mol. The molecule has 2 aromatic heterocycles. The average Bonchev–Trinajstić information content (AvgIpc) is 3.56. The topological polar surface area (TPSA) is 50.9 Å². The Labute approximate surface area is 340 Å². The van der Waals surface area contributed by atoms with E-state index in [1.54, 1.807) is 0 Å². The Hall–Kier alpha value is -5.48. The maximum absolute atomic E-state index is 12.4. The van der Waals surface area contributed by atoms with Crippen LogP contribution in [0.2, 0.25) is 0 Å². The van der Waals surface area contributed by atoms with E-state index in [0.29, 0.717) is 5.92 Å². The van der Waals surface area contributed by atoms with Crippen LogP contribution < -0.4 is 0 Å². The number of aromatic hydroxyl groups is 1. The minimum absolute atomic E-state index is 0.150. The Morgan fingerprint density at radius 1 is 0.561 bits per heavy atom. The van der Waals surface area contributed by atoms with Gasteiger partial charge in [0.05, 0.1) is 28.0 Å². The van der Waals surface area contributed by atoms with Crippen molar-refractivity contribution >= 4 is 11.0 Å². The summed E-state index contributed by atoms with van der Waals surface area (Å²) in [5.74, 6) is 1.86. The van der Waals surface area contributed by atoms with E-state index in [0.717, 1.165) is 61.6 Å². The van der Waals surface area contributed by atoms with Gasteiger partial charge >= 0.3 is 0 Å². The summed E-state index contributed by atoms with van der Waals surface area (Å²) in [6, 6.07) is 39.3. The van der Waals surface area contributed by atoms with Crippen LogP contribution >= 0.6 is 0 Å². The normalized spacial score (nSPS) is 12.4. The van der Waals surface area contributed by atoms with Crippen molar-refractivity contribution in [2.24, 2.45) is 0 Å². The van der Waals surface area contributed by atoms with Gasteiger partial charge < -0.3 is 5.11 Å². The second kappa shape index (κ2) is 15.1. The molecule has 2 heterocycles. The van der Waals surface area contributed by atoms with E-state index in [1.165, 1.54) is 27.8 Å². The van der Waals surface area contributed by atoms with Gasteiger partial charge in [0.1, 0.15) is 11.6 Å². The number of fused-ring (bicyclic) bond motifs is 1. The third kappa shape index (κ3) is 7.67. The van der Waals surface area contributed by atoms with E-state index in [4.69, 9.17) is 9.97 Å². The SMILES string of the molecule is CC(C)c1cc(-c2cc(-c3ccccc3)ccn2)cc(-c2cccc3c2nc(-c2cc(C(C)(C)C)cc(C(C)(C)C)c2O)n3-c2c(C(C)C)cccc2C(C)C)c1. The molecule has 0 unspecified atom stereocenters. The summed E-state index contributed by atoms with van der Waals surface area (Å²) < 4.78 is 2.36. The van der Waals surface area contributed by atoms with E-state index in [1.807, 2.05) is 6.20 Å². The smallest absolute Gasteiger partial charge is 0.149 e. The number of rotatable bonds is 8. The molecule has 0 fully saturated rings. The van der Waals surface area contributed by atoms with E-state index in [9.17, 15) is 5.11 Å². The fraction of sp³-hybridized carbons (Fsp3) is 0.321. The molecule has 7 rings (SSSR count). The molecule has 0 aliphatic carbocycles. The molecule has 7 aromatic rings. The standard InChI is InChI=1S/C53H59N3O/c1-32(2)37-26-38(28-39(27-37)46-29-36(24-25-54-46)35-18-14-13-15-19-35)43-22-17-23-47-48(43)55-51(56(47)49-41(33(3)4)20-16-21-42(49)34(5)6)44-30-40(52(7,8)9)31-45(50(44)57)53(10,11)12/h13-34,57H,1-12H3. The minimum Gasteiger partial charge on any atom is -0.507 e. The van der Waals surface area contributed by atoms with Gasteiger partial charge in [-0.3, -0.25) is 9.55 Å². The van der Waals surface area contributed by atoms with E-state index >= 15 is 0 Å². The molecule has 0 bridgehead atoms. The van der Waals surface area contributed by atoms with E-state index < -0.39 is 0 Å². The highest BCUT2D eigenvalue weighted by molar-refractivity contribution is 5.97. The van der Waals surface area contributed by atoms with Gasteiger partial charge in [-0.2, -0.15) is 0 Å². The lowest BCUT2D eigenvalue weighted by molar-refractivity contribution is 0.446. The third-order valence-electron chi connectivity index (χ3n) is 11.4. The summed E-state index contributed by atoms with van der Waals surface area (Å²) in [7, 11) is 0. The molecule has 0 saturated heterocycles. The highest BCUT2D eigenvalue weighted by Crippen LogP contribution is 2.46. The lowest BCUT2D eigenvalue weighted by atomic mass is 9.79. The summed E-state index contributed by atoms with van der Waals surface area (Å²) >= 11 is 0. The number of para-hydroxylation sites is 2. The third-order valence-corrected chi connectivity index (χ3v) is 11.4. The molecule has 0 aliphatic heterocycles. The zero-order chi connectivity index (χ0) is 41.0. The number of phenolic OH excluding ortho intramolecular Hbond substituents is 1. The fourth-order valence-electron chi connectivity index (χ4n) is 8.01. The van der Waals surface area contributed by atoms with E-state index in [2.05, 4.69) is 197 Å². The zero-order valence-corrected chi connectivity index (χ0v) is 36.0. The van der Waals surface area contributed by atoms with Crippen LogP contribution in [0.5, 0.6) is 5.75 Å². The molecule has 0 saturated carbocycles. The first-order chi connectivity index (χ1) is 26.9. The molecule has 292 valence electrons. The lowest BCUT2D eigenvalue weighted by Crippen LogP contribution is -2.17. The van der Waals surface area contributed by atoms with Gasteiger partial charge in [-0.05, 0) is 104 Å². The van der Waals surface area contributed by atoms with Crippen LogP contribution in [0, 0.1) is 0 Å². The van der Waals surface area contributed by atoms with Crippen LogP contribution in [0.3, 0.4) is 0 Å². The number of pyridine rings is 1. The Morgan fingerprint density at radius 3 is 1.82 bits per heavy atom. The molecular weight excluding hydrogens is 695 g/mol. The maximum Gasteiger partial charge on any atom is 0.149 e. The maximum atomic E-state index is 12.4. The Balaban J connectivity index is 1.58. The van der Waals surface area contributed by atoms with Gasteiger partial charge in [-0.25, -0.2) is 4.98 Å². The zero-order valence-electron chi connectivity index (χ0n) is 36.0. The number of aromatic nitrogens is 3. The van der Waals surface area contributed by atoms with Crippen molar-refractivity contribution in [2.45, 2.75) is 112 Å². The first-order valence-corrected chi connectivity index (χ1v) is 20.6. The summed E-state index contributed by atoms with van der Waals surface area (Å²) in [4.78, 5) is 10.6. The van der Waals surface area contributed by atoms with Gasteiger partial charge in [0.2, 0.25) is 0 Å². The summed E-state index contributed by atoms with van der Waals surface area (Å²) in [5, 5.41) is 12.4. The summed E-state index contributed by atoms with van der Waals surface area (Å²) in [6.07, 6.45) is 1.91. The van der Waals surface area contributed by atoms with Gasteiger partial charge in [0, 0.05) is 22.9 Å². The minimum atomic E-state index is -0.291. The molecular formula is C53H59N3O. The second-order valence-corrected chi connectivity index (χ2v) is 18.8. The van der Waals surface area contributed by atoms with Crippen molar-refractivity contribution in [1.29, 1.82) is 0 Å².